The van der Waals surface area contributed by atoms with Gasteiger partial charge in [0.15, 0.2) is 5.96 Å². The molecule has 0 fully saturated rings. The van der Waals surface area contributed by atoms with Gasteiger partial charge in [0, 0.05) is 25.1 Å². The molecule has 0 radical (unpaired) electrons. The van der Waals surface area contributed by atoms with Gasteiger partial charge in [0.05, 0.1) is 12.2 Å². The van der Waals surface area contributed by atoms with E-state index < -0.39 is 0 Å². The van der Waals surface area contributed by atoms with Gasteiger partial charge in [-0.25, -0.2) is 4.99 Å². The molecule has 0 aliphatic heterocycles. The van der Waals surface area contributed by atoms with Crippen molar-refractivity contribution in [1.29, 1.82) is 0 Å². The minimum absolute atomic E-state index is 0.619. The van der Waals surface area contributed by atoms with Crippen molar-refractivity contribution < 1.29 is 4.52 Å². The molecule has 0 spiro atoms. The maximum atomic E-state index is 5.42. The summed E-state index contributed by atoms with van der Waals surface area (Å²) in [5, 5.41) is 10.9. The monoisotopic (exact) mass is 332 g/mol. The lowest BCUT2D eigenvalue weighted by molar-refractivity contribution is 0.380. The van der Waals surface area contributed by atoms with Crippen LogP contribution in [-0.4, -0.2) is 24.2 Å². The lowest BCUT2D eigenvalue weighted by Crippen LogP contribution is -2.37. The highest BCUT2D eigenvalue weighted by Gasteiger charge is 2.13. The number of hydrogen-bond donors (Lipinski definition) is 2. The second kappa shape index (κ2) is 10.2. The van der Waals surface area contributed by atoms with Crippen LogP contribution in [0, 0.1) is 0 Å². The Morgan fingerprint density at radius 2 is 2.08 bits per heavy atom. The van der Waals surface area contributed by atoms with E-state index in [4.69, 9.17) is 9.52 Å². The Balaban J connectivity index is 1.92. The van der Waals surface area contributed by atoms with E-state index >= 15 is 0 Å². The van der Waals surface area contributed by atoms with Gasteiger partial charge in [-0.3, -0.25) is 0 Å². The fourth-order valence-electron chi connectivity index (χ4n) is 3.09. The van der Waals surface area contributed by atoms with Crippen LogP contribution in [0.2, 0.25) is 0 Å². The van der Waals surface area contributed by atoms with Crippen LogP contribution in [0.5, 0.6) is 0 Å². The number of guanidine groups is 1. The van der Waals surface area contributed by atoms with Crippen molar-refractivity contribution in [3.05, 3.63) is 28.7 Å². The van der Waals surface area contributed by atoms with Crippen molar-refractivity contribution in [2.45, 2.75) is 72.3 Å². The quantitative estimate of drug-likeness (QED) is 0.432. The zero-order valence-corrected chi connectivity index (χ0v) is 15.5. The number of aliphatic imine (C=N–C) groups is 1. The predicted octanol–water partition coefficient (Wildman–Crippen LogP) is 3.75. The Morgan fingerprint density at radius 3 is 2.75 bits per heavy atom. The molecule has 0 unspecified atom stereocenters. The van der Waals surface area contributed by atoms with Gasteiger partial charge < -0.3 is 15.2 Å². The number of nitrogens with one attached hydrogen (secondary N) is 2. The average molecular weight is 332 g/mol. The summed E-state index contributed by atoms with van der Waals surface area (Å²) in [6, 6.07) is 0. The molecule has 1 aliphatic rings. The lowest BCUT2D eigenvalue weighted by Gasteiger charge is -2.15. The fourth-order valence-corrected chi connectivity index (χ4v) is 3.09. The highest BCUT2D eigenvalue weighted by Crippen LogP contribution is 2.19. The fraction of sp³-hybridized carbons (Fsp3) is 0.684. The van der Waals surface area contributed by atoms with Gasteiger partial charge >= 0.3 is 0 Å². The van der Waals surface area contributed by atoms with Crippen molar-refractivity contribution in [2.24, 2.45) is 4.99 Å². The SMILES string of the molecule is CCNC(=NCc1c(CC)noc1CC)NCCC1=CCCCC1. The van der Waals surface area contributed by atoms with Crippen molar-refractivity contribution in [3.63, 3.8) is 0 Å². The molecule has 1 aromatic rings. The zero-order valence-electron chi connectivity index (χ0n) is 15.5. The number of nitrogens with zero attached hydrogens (tertiary/aromatic N) is 2. The first-order valence-corrected chi connectivity index (χ1v) is 9.44. The minimum Gasteiger partial charge on any atom is -0.361 e. The first kappa shape index (κ1) is 18.6. The summed E-state index contributed by atoms with van der Waals surface area (Å²) in [5.74, 6) is 1.83. The van der Waals surface area contributed by atoms with Crippen molar-refractivity contribution in [2.75, 3.05) is 13.1 Å². The van der Waals surface area contributed by atoms with Crippen LogP contribution in [-0.2, 0) is 19.4 Å². The van der Waals surface area contributed by atoms with Gasteiger partial charge in [-0.05, 0) is 45.4 Å². The van der Waals surface area contributed by atoms with E-state index in [0.717, 1.165) is 55.3 Å². The summed E-state index contributed by atoms with van der Waals surface area (Å²) in [6.45, 7) is 8.70. The van der Waals surface area contributed by atoms with E-state index in [-0.39, 0.29) is 0 Å². The highest BCUT2D eigenvalue weighted by atomic mass is 16.5. The third-order valence-corrected chi connectivity index (χ3v) is 4.47. The molecule has 5 nitrogen and oxygen atoms in total. The van der Waals surface area contributed by atoms with Gasteiger partial charge in [0.25, 0.3) is 0 Å². The molecule has 24 heavy (non-hydrogen) atoms. The predicted molar refractivity (Wildman–Crippen MR) is 99.2 cm³/mol. The van der Waals surface area contributed by atoms with E-state index in [1.54, 1.807) is 5.57 Å². The van der Waals surface area contributed by atoms with Gasteiger partial charge in [-0.1, -0.05) is 30.7 Å². The number of rotatable bonds is 8. The molecule has 0 amide bonds. The van der Waals surface area contributed by atoms with Gasteiger partial charge in [-0.2, -0.15) is 0 Å². The van der Waals surface area contributed by atoms with Crippen LogP contribution >= 0.6 is 0 Å². The Bertz CT molecular complexity index is 538. The van der Waals surface area contributed by atoms with Crippen LogP contribution < -0.4 is 10.6 Å². The molecule has 0 saturated heterocycles. The van der Waals surface area contributed by atoms with Crippen LogP contribution in [0.1, 0.15) is 69.9 Å². The van der Waals surface area contributed by atoms with Crippen LogP contribution in [0.25, 0.3) is 0 Å². The van der Waals surface area contributed by atoms with E-state index in [0.29, 0.717) is 6.54 Å². The summed E-state index contributed by atoms with van der Waals surface area (Å²) >= 11 is 0. The summed E-state index contributed by atoms with van der Waals surface area (Å²) in [4.78, 5) is 4.73. The van der Waals surface area contributed by atoms with Gasteiger partial charge in [0.1, 0.15) is 5.76 Å². The Labute approximate surface area is 146 Å². The van der Waals surface area contributed by atoms with E-state index in [9.17, 15) is 0 Å². The summed E-state index contributed by atoms with van der Waals surface area (Å²) < 4.78 is 5.42. The molecule has 0 atom stereocenters. The smallest absolute Gasteiger partial charge is 0.191 e. The zero-order chi connectivity index (χ0) is 17.2. The van der Waals surface area contributed by atoms with Crippen molar-refractivity contribution in [3.8, 4) is 0 Å². The molecule has 2 rings (SSSR count). The molecule has 5 heteroatoms. The highest BCUT2D eigenvalue weighted by molar-refractivity contribution is 5.79. The number of aryl methyl sites for hydroxylation is 2. The molecule has 2 N–H and O–H groups in total. The molecule has 0 bridgehead atoms. The van der Waals surface area contributed by atoms with Gasteiger partial charge in [-0.15, -0.1) is 0 Å². The standard InChI is InChI=1S/C19H32N4O/c1-4-17-16(18(5-2)24-23-17)14-22-19(20-6-3)21-13-12-15-10-8-7-9-11-15/h10H,4-9,11-14H2,1-3H3,(H2,20,21,22). The molecular formula is C19H32N4O. The van der Waals surface area contributed by atoms with Crippen LogP contribution in [0.15, 0.2) is 21.2 Å². The van der Waals surface area contributed by atoms with E-state index in [1.807, 2.05) is 0 Å². The molecule has 1 aliphatic carbocycles. The topological polar surface area (TPSA) is 62.5 Å². The largest absolute Gasteiger partial charge is 0.361 e. The second-order valence-electron chi connectivity index (χ2n) is 6.22. The first-order valence-electron chi connectivity index (χ1n) is 9.44. The van der Waals surface area contributed by atoms with Crippen LogP contribution in [0.4, 0.5) is 0 Å². The van der Waals surface area contributed by atoms with E-state index in [2.05, 4.69) is 42.6 Å². The molecular weight excluding hydrogens is 300 g/mol. The third kappa shape index (κ3) is 5.39. The minimum atomic E-state index is 0.619. The first-order chi connectivity index (χ1) is 11.8. The molecule has 0 saturated carbocycles. The van der Waals surface area contributed by atoms with Gasteiger partial charge in [0.2, 0.25) is 0 Å². The molecule has 1 aromatic heterocycles. The summed E-state index contributed by atoms with van der Waals surface area (Å²) in [6.07, 6.45) is 10.5. The Hall–Kier alpha value is -1.78. The second-order valence-corrected chi connectivity index (χ2v) is 6.22. The Morgan fingerprint density at radius 1 is 1.21 bits per heavy atom. The molecule has 1 heterocycles. The van der Waals surface area contributed by atoms with Crippen molar-refractivity contribution in [1.82, 2.24) is 15.8 Å². The van der Waals surface area contributed by atoms with E-state index in [1.165, 1.54) is 25.7 Å². The Kier molecular flexibility index (Phi) is 7.86. The number of allylic oxidation sites excluding steroid dienone is 1. The maximum Gasteiger partial charge on any atom is 0.191 e. The number of hydrogen-bond acceptors (Lipinski definition) is 3. The molecule has 134 valence electrons. The molecule has 0 aromatic carbocycles. The summed E-state index contributed by atoms with van der Waals surface area (Å²) in [5.41, 5.74) is 3.76. The summed E-state index contributed by atoms with van der Waals surface area (Å²) in [7, 11) is 0. The van der Waals surface area contributed by atoms with Crippen molar-refractivity contribution >= 4 is 5.96 Å². The average Bonchev–Trinajstić information content (AvgIpc) is 3.02. The lowest BCUT2D eigenvalue weighted by atomic mass is 9.97. The third-order valence-electron chi connectivity index (χ3n) is 4.47. The maximum absolute atomic E-state index is 5.42. The van der Waals surface area contributed by atoms with Crippen LogP contribution in [0.3, 0.4) is 0 Å². The normalized spacial score (nSPS) is 15.3. The number of aromatic nitrogens is 1.